The van der Waals surface area contributed by atoms with Gasteiger partial charge in [0.2, 0.25) is 10.0 Å². The molecule has 1 aromatic rings. The van der Waals surface area contributed by atoms with Crippen molar-refractivity contribution in [1.82, 2.24) is 4.31 Å². The molecule has 0 aromatic heterocycles. The summed E-state index contributed by atoms with van der Waals surface area (Å²) in [7, 11) is -2.34. The summed E-state index contributed by atoms with van der Waals surface area (Å²) in [6.45, 7) is 3.52. The lowest BCUT2D eigenvalue weighted by Crippen LogP contribution is -2.26. The van der Waals surface area contributed by atoms with Gasteiger partial charge >= 0.3 is 0 Å². The minimum Gasteiger partial charge on any atom is -0.294 e. The molecule has 0 heterocycles. The normalized spacial score (nSPS) is 12.4. The van der Waals surface area contributed by atoms with E-state index < -0.39 is 20.7 Å². The number of allylic oxidation sites excluding steroid dienone is 1. The number of non-ortho nitro benzene ring substituents is 1. The Kier molecular flexibility index (Phi) is 6.59. The number of benzene rings is 1. The molecule has 8 heteroatoms. The highest BCUT2D eigenvalue weighted by Gasteiger charge is 2.19. The topological polar surface area (TPSA) is 97.6 Å². The van der Waals surface area contributed by atoms with Gasteiger partial charge in [0, 0.05) is 31.3 Å². The van der Waals surface area contributed by atoms with E-state index in [4.69, 9.17) is 0 Å². The molecule has 0 unspecified atom stereocenters. The number of hydrogen-bond acceptors (Lipinski definition) is 5. The highest BCUT2D eigenvalue weighted by molar-refractivity contribution is 7.92. The number of unbranched alkanes of at least 4 members (excludes halogenated alkanes) is 1. The van der Waals surface area contributed by atoms with Crippen molar-refractivity contribution in [2.45, 2.75) is 26.7 Å². The molecule has 0 saturated heterocycles. The second-order valence-electron chi connectivity index (χ2n) is 5.12. The Labute approximate surface area is 135 Å². The average Bonchev–Trinajstić information content (AvgIpc) is 2.50. The number of rotatable bonds is 8. The molecule has 0 aliphatic carbocycles. The lowest BCUT2D eigenvalue weighted by Gasteiger charge is -2.15. The molecule has 1 rings (SSSR count). The largest absolute Gasteiger partial charge is 0.294 e. The van der Waals surface area contributed by atoms with Crippen molar-refractivity contribution >= 4 is 27.1 Å². The van der Waals surface area contributed by atoms with Crippen LogP contribution in [0.4, 0.5) is 5.69 Å². The Hall–Kier alpha value is -2.06. The van der Waals surface area contributed by atoms with Gasteiger partial charge in [-0.3, -0.25) is 14.9 Å². The van der Waals surface area contributed by atoms with Gasteiger partial charge < -0.3 is 0 Å². The van der Waals surface area contributed by atoms with Crippen molar-refractivity contribution < 1.29 is 18.1 Å². The van der Waals surface area contributed by atoms with Crippen LogP contribution >= 0.6 is 0 Å². The van der Waals surface area contributed by atoms with Crippen molar-refractivity contribution in [3.63, 3.8) is 0 Å². The second kappa shape index (κ2) is 7.98. The fourth-order valence-electron chi connectivity index (χ4n) is 1.89. The molecule has 0 aliphatic heterocycles. The number of nitrogens with zero attached hydrogens (tertiary/aromatic N) is 2. The Bertz CT molecular complexity index is 725. The second-order valence-corrected chi connectivity index (χ2v) is 7.00. The number of nitro benzene ring substituents is 1. The van der Waals surface area contributed by atoms with E-state index in [-0.39, 0.29) is 16.8 Å². The zero-order chi connectivity index (χ0) is 17.6. The highest BCUT2D eigenvalue weighted by atomic mass is 32.2. The average molecular weight is 340 g/mol. The molecule has 0 atom stereocenters. The van der Waals surface area contributed by atoms with Gasteiger partial charge in [0.05, 0.1) is 10.3 Å². The zero-order valence-electron chi connectivity index (χ0n) is 13.4. The smallest absolute Gasteiger partial charge is 0.270 e. The van der Waals surface area contributed by atoms with Gasteiger partial charge in [-0.05, 0) is 18.9 Å². The number of nitro groups is 1. The molecule has 1 aromatic carbocycles. The maximum atomic E-state index is 12.3. The minimum absolute atomic E-state index is 0.0722. The standard InChI is InChI=1S/C15H20N2O5S/c1-4-5-9-16(3)23(21,22)11-15(12(2)18)13-7-6-8-14(10-13)17(19)20/h6-8,10-11H,4-5,9H2,1-3H3. The van der Waals surface area contributed by atoms with E-state index in [9.17, 15) is 23.3 Å². The first-order valence-electron chi connectivity index (χ1n) is 7.13. The van der Waals surface area contributed by atoms with Gasteiger partial charge in [-0.1, -0.05) is 25.5 Å². The summed E-state index contributed by atoms with van der Waals surface area (Å²) in [6, 6.07) is 5.36. The predicted molar refractivity (Wildman–Crippen MR) is 88.2 cm³/mol. The monoisotopic (exact) mass is 340 g/mol. The summed E-state index contributed by atoms with van der Waals surface area (Å²) >= 11 is 0. The van der Waals surface area contributed by atoms with Crippen LogP contribution in [-0.2, 0) is 14.8 Å². The van der Waals surface area contributed by atoms with Crippen LogP contribution in [0.5, 0.6) is 0 Å². The molecule has 0 radical (unpaired) electrons. The fourth-order valence-corrected chi connectivity index (χ4v) is 3.05. The van der Waals surface area contributed by atoms with Crippen LogP contribution in [-0.4, -0.2) is 37.0 Å². The van der Waals surface area contributed by atoms with Crippen LogP contribution < -0.4 is 0 Å². The number of carbonyl (C=O) groups is 1. The van der Waals surface area contributed by atoms with Gasteiger partial charge in [-0.2, -0.15) is 0 Å². The first-order valence-corrected chi connectivity index (χ1v) is 8.63. The van der Waals surface area contributed by atoms with E-state index in [1.807, 2.05) is 6.92 Å². The van der Waals surface area contributed by atoms with E-state index >= 15 is 0 Å². The maximum Gasteiger partial charge on any atom is 0.270 e. The number of sulfonamides is 1. The van der Waals surface area contributed by atoms with Crippen LogP contribution in [0.25, 0.3) is 5.57 Å². The Morgan fingerprint density at radius 1 is 1.39 bits per heavy atom. The molecule has 0 saturated carbocycles. The van der Waals surface area contributed by atoms with E-state index in [2.05, 4.69) is 0 Å². The molecular weight excluding hydrogens is 320 g/mol. The van der Waals surface area contributed by atoms with Crippen molar-refractivity contribution in [3.8, 4) is 0 Å². The zero-order valence-corrected chi connectivity index (χ0v) is 14.2. The molecule has 0 aliphatic rings. The van der Waals surface area contributed by atoms with E-state index in [1.54, 1.807) is 0 Å². The van der Waals surface area contributed by atoms with Gasteiger partial charge in [0.1, 0.15) is 0 Å². The lowest BCUT2D eigenvalue weighted by atomic mass is 10.0. The molecule has 0 spiro atoms. The van der Waals surface area contributed by atoms with Crippen molar-refractivity contribution in [1.29, 1.82) is 0 Å². The first-order chi connectivity index (χ1) is 10.7. The van der Waals surface area contributed by atoms with Crippen molar-refractivity contribution in [2.24, 2.45) is 0 Å². The molecule has 0 N–H and O–H groups in total. The third kappa shape index (κ3) is 5.26. The van der Waals surface area contributed by atoms with Crippen LogP contribution in [0.1, 0.15) is 32.3 Å². The third-order valence-electron chi connectivity index (χ3n) is 3.28. The molecule has 23 heavy (non-hydrogen) atoms. The molecular formula is C15H20N2O5S. The quantitative estimate of drug-likeness (QED) is 0.411. The van der Waals surface area contributed by atoms with Crippen LogP contribution in [0.15, 0.2) is 29.7 Å². The third-order valence-corrected chi connectivity index (χ3v) is 4.86. The van der Waals surface area contributed by atoms with E-state index in [0.717, 1.165) is 16.1 Å². The van der Waals surface area contributed by atoms with Crippen LogP contribution in [0, 0.1) is 10.1 Å². The Balaban J connectivity index is 3.28. The van der Waals surface area contributed by atoms with E-state index in [0.29, 0.717) is 13.0 Å². The van der Waals surface area contributed by atoms with E-state index in [1.165, 1.54) is 38.2 Å². The summed E-state index contributed by atoms with van der Waals surface area (Å²) in [5, 5.41) is 11.7. The molecule has 0 amide bonds. The molecule has 7 nitrogen and oxygen atoms in total. The van der Waals surface area contributed by atoms with Crippen molar-refractivity contribution in [3.05, 3.63) is 45.4 Å². The lowest BCUT2D eigenvalue weighted by molar-refractivity contribution is -0.384. The first kappa shape index (κ1) is 19.0. The molecule has 0 fully saturated rings. The SMILES string of the molecule is CCCCN(C)S(=O)(=O)C=C(C(C)=O)c1cccc([N+](=O)[O-])c1. The highest BCUT2D eigenvalue weighted by Crippen LogP contribution is 2.22. The number of carbonyl (C=O) groups excluding carboxylic acids is 1. The van der Waals surface area contributed by atoms with Gasteiger partial charge in [0.25, 0.3) is 5.69 Å². The maximum absolute atomic E-state index is 12.3. The summed E-state index contributed by atoms with van der Waals surface area (Å²) in [5.41, 5.74) is -0.0670. The Morgan fingerprint density at radius 2 is 2.04 bits per heavy atom. The summed E-state index contributed by atoms with van der Waals surface area (Å²) in [5.74, 6) is -0.474. The summed E-state index contributed by atoms with van der Waals surface area (Å²) < 4.78 is 25.8. The minimum atomic E-state index is -3.78. The van der Waals surface area contributed by atoms with Crippen LogP contribution in [0.3, 0.4) is 0 Å². The number of ketones is 1. The number of hydrogen-bond donors (Lipinski definition) is 0. The number of Topliss-reactive ketones (excluding diaryl/α,β-unsaturated/α-hetero) is 1. The fraction of sp³-hybridized carbons (Fsp3) is 0.400. The Morgan fingerprint density at radius 3 is 2.57 bits per heavy atom. The van der Waals surface area contributed by atoms with Gasteiger partial charge in [0.15, 0.2) is 5.78 Å². The summed E-state index contributed by atoms with van der Waals surface area (Å²) in [4.78, 5) is 22.1. The molecule has 0 bridgehead atoms. The van der Waals surface area contributed by atoms with Crippen molar-refractivity contribution in [2.75, 3.05) is 13.6 Å². The van der Waals surface area contributed by atoms with Gasteiger partial charge in [-0.15, -0.1) is 0 Å². The van der Waals surface area contributed by atoms with Crippen LogP contribution in [0.2, 0.25) is 0 Å². The summed E-state index contributed by atoms with van der Waals surface area (Å²) in [6.07, 6.45) is 1.55. The molecule has 126 valence electrons. The predicted octanol–water partition coefficient (Wildman–Crippen LogP) is 2.59. The van der Waals surface area contributed by atoms with Gasteiger partial charge in [-0.25, -0.2) is 12.7 Å².